The van der Waals surface area contributed by atoms with Gasteiger partial charge in [-0.2, -0.15) is 0 Å². The topological polar surface area (TPSA) is 60.7 Å². The molecule has 9 heavy (non-hydrogen) atoms. The predicted molar refractivity (Wildman–Crippen MR) is 34.1 cm³/mol. The van der Waals surface area contributed by atoms with Gasteiger partial charge in [0.2, 0.25) is 0 Å². The summed E-state index contributed by atoms with van der Waals surface area (Å²) in [6, 6.07) is 0. The molecule has 0 fully saturated rings. The van der Waals surface area contributed by atoms with E-state index < -0.39 is 8.60 Å². The summed E-state index contributed by atoms with van der Waals surface area (Å²) >= 11 is 3.79. The maximum absolute atomic E-state index is 7.23. The minimum absolute atomic E-state index is 1.62. The molecule has 0 aliphatic heterocycles. The van der Waals surface area contributed by atoms with Crippen molar-refractivity contribution in [2.45, 2.75) is 0 Å². The van der Waals surface area contributed by atoms with Crippen LogP contribution in [0.3, 0.4) is 0 Å². The number of hydrogen-bond acceptors (Lipinski definition) is 3. The molecule has 0 unspecified atom stereocenters. The van der Waals surface area contributed by atoms with Crippen LogP contribution in [0.2, 0.25) is 0 Å². The molecule has 0 atom stereocenters. The zero-order valence-electron chi connectivity index (χ0n) is 4.56. The maximum atomic E-state index is 7.23. The Bertz CT molecular complexity index is 81.1. The first-order valence-electron chi connectivity index (χ1n) is 1.87. The van der Waals surface area contributed by atoms with Crippen molar-refractivity contribution >= 4 is 13.6 Å². The van der Waals surface area contributed by atoms with E-state index in [1.807, 2.05) is 0 Å². The summed E-state index contributed by atoms with van der Waals surface area (Å²) < 4.78 is 0. The Labute approximate surface area is 63.2 Å². The molecule has 0 rings (SSSR count). The molecule has 57 valence electrons. The van der Waals surface area contributed by atoms with Crippen molar-refractivity contribution in [3.63, 3.8) is 0 Å². The molecule has 3 N–H and O–H groups in total. The van der Waals surface area contributed by atoms with Gasteiger partial charge in [-0.25, -0.2) is 0 Å². The summed E-state index contributed by atoms with van der Waals surface area (Å²) in [7, 11) is -2.62. The van der Waals surface area contributed by atoms with Gasteiger partial charge in [0.1, 0.15) is 0 Å². The van der Waals surface area contributed by atoms with Crippen LogP contribution in [-0.4, -0.2) is 19.6 Å². The Balaban J connectivity index is 0. The van der Waals surface area contributed by atoms with E-state index in [-0.39, 0.29) is 0 Å². The van der Waals surface area contributed by atoms with Crippen LogP contribution < -0.4 is 0 Å². The van der Waals surface area contributed by atoms with Gasteiger partial charge in [0, 0.05) is 0 Å². The van der Waals surface area contributed by atoms with Crippen LogP contribution in [0.5, 0.6) is 0 Å². The second-order valence-corrected chi connectivity index (χ2v) is 1.69. The zero-order chi connectivity index (χ0) is 7.70. The molecule has 0 aromatic heterocycles. The molecule has 0 radical (unpaired) electrons. The minimum atomic E-state index is -2.62. The third-order valence-electron chi connectivity index (χ3n) is 0.200. The van der Waals surface area contributed by atoms with Gasteiger partial charge in [0.05, 0.1) is 0 Å². The third kappa shape index (κ3) is 62.4. The van der Waals surface area contributed by atoms with E-state index in [1.165, 1.54) is 0 Å². The molecule has 5 heteroatoms. The molecule has 0 heterocycles. The van der Waals surface area contributed by atoms with Crippen LogP contribution in [-0.2, 0) is 15.3 Å². The molecule has 0 aliphatic carbocycles. The van der Waals surface area contributed by atoms with E-state index in [4.69, 9.17) is 14.7 Å². The van der Waals surface area contributed by atoms with Crippen molar-refractivity contribution in [2.24, 2.45) is 0 Å². The van der Waals surface area contributed by atoms with Crippen molar-refractivity contribution in [3.05, 3.63) is 19.1 Å². The number of hydrogen-bond donors (Lipinski definition) is 3. The van der Waals surface area contributed by atoms with Crippen LogP contribution in [0.4, 0.5) is 0 Å². The summed E-state index contributed by atoms with van der Waals surface area (Å²) in [6.07, 6.45) is 3.42. The van der Waals surface area contributed by atoms with Crippen LogP contribution in [0, 0.1) is 6.92 Å². The Hall–Kier alpha value is 0.296. The number of allylic oxidation sites excluding steroid dienone is 2. The summed E-state index contributed by atoms with van der Waals surface area (Å²) in [5.41, 5.74) is 0. The SMILES string of the molecule is OP(O)O.[CH2-]/C=C\[CH]=[Co]. The monoisotopic (exact) mass is 194 g/mol. The van der Waals surface area contributed by atoms with E-state index in [0.29, 0.717) is 0 Å². The molecule has 0 spiro atoms. The zero-order valence-corrected chi connectivity index (χ0v) is 6.50. The Morgan fingerprint density at radius 3 is 1.67 bits per heavy atom. The average molecular weight is 194 g/mol. The van der Waals surface area contributed by atoms with Gasteiger partial charge in [-0.05, 0) is 0 Å². The second kappa shape index (κ2) is 11.1. The summed E-state index contributed by atoms with van der Waals surface area (Å²) in [5, 5.41) is 0. The molecule has 0 amide bonds. The van der Waals surface area contributed by atoms with Gasteiger partial charge in [-0.1, -0.05) is 0 Å². The van der Waals surface area contributed by atoms with Crippen LogP contribution in [0.1, 0.15) is 0 Å². The van der Waals surface area contributed by atoms with Gasteiger partial charge in [0.15, 0.2) is 0 Å². The number of rotatable bonds is 1. The molecular weight excluding hydrogens is 186 g/mol. The fourth-order valence-electron chi connectivity index (χ4n) is 0.0454. The summed E-state index contributed by atoms with van der Waals surface area (Å²) in [5.74, 6) is 0. The van der Waals surface area contributed by atoms with Gasteiger partial charge in [-0.15, -0.1) is 0 Å². The molecule has 0 aromatic rings. The first-order valence-corrected chi connectivity index (χ1v) is 3.67. The van der Waals surface area contributed by atoms with Crippen molar-refractivity contribution in [3.8, 4) is 0 Å². The van der Waals surface area contributed by atoms with Crippen molar-refractivity contribution in [1.29, 1.82) is 0 Å². The van der Waals surface area contributed by atoms with E-state index >= 15 is 0 Å². The Morgan fingerprint density at radius 2 is 1.67 bits per heavy atom. The Kier molecular flexibility index (Phi) is 14.9. The van der Waals surface area contributed by atoms with Gasteiger partial charge < -0.3 is 14.7 Å². The first kappa shape index (κ1) is 12.0. The third-order valence-corrected chi connectivity index (χ3v) is 0.401. The van der Waals surface area contributed by atoms with Crippen molar-refractivity contribution < 1.29 is 30.0 Å². The van der Waals surface area contributed by atoms with Gasteiger partial charge in [-0.3, -0.25) is 0 Å². The fraction of sp³-hybridized carbons (Fsp3) is 0. The molecule has 0 saturated carbocycles. The second-order valence-electron chi connectivity index (χ2n) is 0.808. The quantitative estimate of drug-likeness (QED) is 0.404. The molecule has 3 nitrogen and oxygen atoms in total. The summed E-state index contributed by atoms with van der Waals surface area (Å²) in [6.45, 7) is 3.41. The molecule has 0 saturated heterocycles. The van der Waals surface area contributed by atoms with Crippen molar-refractivity contribution in [1.82, 2.24) is 0 Å². The van der Waals surface area contributed by atoms with E-state index in [9.17, 15) is 0 Å². The van der Waals surface area contributed by atoms with Crippen LogP contribution in [0.25, 0.3) is 0 Å². The van der Waals surface area contributed by atoms with Crippen LogP contribution in [0.15, 0.2) is 12.2 Å². The predicted octanol–water partition coefficient (Wildman–Crippen LogP) is -0.0841. The van der Waals surface area contributed by atoms with Crippen LogP contribution >= 0.6 is 8.60 Å². The molecule has 0 bridgehead atoms. The first-order chi connectivity index (χ1) is 4.15. The summed E-state index contributed by atoms with van der Waals surface area (Å²) in [4.78, 5) is 23.3. The van der Waals surface area contributed by atoms with E-state index in [2.05, 4.69) is 22.2 Å². The van der Waals surface area contributed by atoms with E-state index in [1.54, 1.807) is 17.1 Å². The average Bonchev–Trinajstić information content (AvgIpc) is 1.66. The van der Waals surface area contributed by atoms with Gasteiger partial charge in [0.25, 0.3) is 0 Å². The normalized spacial score (nSPS) is 9.00. The Morgan fingerprint density at radius 1 is 1.33 bits per heavy atom. The standard InChI is InChI=1S/C4H5.Co.H3O3P/c1-3-4-2;;1-4(2)3/h1,3-4H,2H2;;1-3H/q-1;;/b4-3-;;. The van der Waals surface area contributed by atoms with E-state index in [0.717, 1.165) is 0 Å². The molecule has 0 aromatic carbocycles. The fourth-order valence-corrected chi connectivity index (χ4v) is 0.187. The van der Waals surface area contributed by atoms with Gasteiger partial charge >= 0.3 is 47.9 Å². The molecule has 0 aliphatic rings. The molecular formula is C4H8CoO3P-. The van der Waals surface area contributed by atoms with Crippen molar-refractivity contribution in [2.75, 3.05) is 0 Å².